The molecular formula is C11H8F7N. The zero-order valence-electron chi connectivity index (χ0n) is 9.80. The van der Waals surface area contributed by atoms with E-state index in [0.29, 0.717) is 0 Å². The second kappa shape index (κ2) is 6.41. The molecule has 1 aromatic rings. The Morgan fingerprint density at radius 3 is 1.53 bits per heavy atom. The standard InChI is InChI=1S/C9H2F7N.C2H6/c10-5-3(1-2-17)6(11)8(13)4(7(5)12)9(14,15)16;1-2/h1H2;1-2H3. The summed E-state index contributed by atoms with van der Waals surface area (Å²) in [5.74, 6) is -9.53. The normalized spacial score (nSPS) is 10.5. The summed E-state index contributed by atoms with van der Waals surface area (Å²) in [6.07, 6.45) is -6.65. The molecule has 0 fully saturated rings. The lowest BCUT2D eigenvalue weighted by molar-refractivity contribution is -0.143. The van der Waals surface area contributed by atoms with E-state index in [0.717, 1.165) is 0 Å². The van der Waals surface area contributed by atoms with Crippen LogP contribution in [-0.4, -0.2) is 0 Å². The van der Waals surface area contributed by atoms with Crippen LogP contribution in [0.5, 0.6) is 0 Å². The van der Waals surface area contributed by atoms with Crippen molar-refractivity contribution in [1.29, 1.82) is 5.26 Å². The van der Waals surface area contributed by atoms with Crippen LogP contribution in [0.1, 0.15) is 25.0 Å². The molecule has 0 saturated carbocycles. The molecule has 0 saturated heterocycles. The van der Waals surface area contributed by atoms with Gasteiger partial charge in [-0.1, -0.05) is 13.8 Å². The van der Waals surface area contributed by atoms with Crippen molar-refractivity contribution < 1.29 is 30.7 Å². The van der Waals surface area contributed by atoms with Crippen LogP contribution in [0, 0.1) is 34.6 Å². The number of hydrogen-bond acceptors (Lipinski definition) is 1. The Morgan fingerprint density at radius 1 is 0.895 bits per heavy atom. The van der Waals surface area contributed by atoms with Crippen LogP contribution in [0.25, 0.3) is 0 Å². The number of benzene rings is 1. The lowest BCUT2D eigenvalue weighted by Crippen LogP contribution is -2.17. The molecule has 0 unspecified atom stereocenters. The molecule has 0 amide bonds. The molecule has 1 rings (SSSR count). The number of halogens is 7. The zero-order valence-corrected chi connectivity index (χ0v) is 9.80. The van der Waals surface area contributed by atoms with Gasteiger partial charge in [-0.05, 0) is 0 Å². The van der Waals surface area contributed by atoms with Crippen molar-refractivity contribution in [3.05, 3.63) is 34.4 Å². The van der Waals surface area contributed by atoms with Crippen molar-refractivity contribution in [2.75, 3.05) is 0 Å². The van der Waals surface area contributed by atoms with Gasteiger partial charge < -0.3 is 0 Å². The van der Waals surface area contributed by atoms with Gasteiger partial charge in [-0.2, -0.15) is 18.4 Å². The van der Waals surface area contributed by atoms with Crippen molar-refractivity contribution in [3.8, 4) is 6.07 Å². The summed E-state index contributed by atoms with van der Waals surface area (Å²) in [5.41, 5.74) is -4.01. The second-order valence-electron chi connectivity index (χ2n) is 2.94. The maximum Gasteiger partial charge on any atom is 0.422 e. The molecule has 1 nitrogen and oxygen atoms in total. The summed E-state index contributed by atoms with van der Waals surface area (Å²) >= 11 is 0. The van der Waals surface area contributed by atoms with Crippen LogP contribution in [0.4, 0.5) is 30.7 Å². The molecule has 0 aliphatic rings. The highest BCUT2D eigenvalue weighted by Crippen LogP contribution is 2.36. The molecular weight excluding hydrogens is 279 g/mol. The van der Waals surface area contributed by atoms with Gasteiger partial charge in [0.1, 0.15) is 5.56 Å². The second-order valence-corrected chi connectivity index (χ2v) is 2.94. The quantitative estimate of drug-likeness (QED) is 0.556. The fraction of sp³-hybridized carbons (Fsp3) is 0.364. The third-order valence-electron chi connectivity index (χ3n) is 1.89. The molecule has 8 heteroatoms. The summed E-state index contributed by atoms with van der Waals surface area (Å²) in [6, 6.07) is 1.18. The molecule has 0 N–H and O–H groups in total. The number of nitrogens with zero attached hydrogens (tertiary/aromatic N) is 1. The van der Waals surface area contributed by atoms with E-state index in [1.165, 1.54) is 6.07 Å². The van der Waals surface area contributed by atoms with Gasteiger partial charge in [0.2, 0.25) is 0 Å². The minimum atomic E-state index is -5.57. The van der Waals surface area contributed by atoms with Crippen LogP contribution in [0.2, 0.25) is 0 Å². The van der Waals surface area contributed by atoms with Crippen LogP contribution < -0.4 is 0 Å². The van der Waals surface area contributed by atoms with Gasteiger partial charge in [0.25, 0.3) is 0 Å². The first-order chi connectivity index (χ1) is 8.71. The Bertz CT molecular complexity index is 470. The summed E-state index contributed by atoms with van der Waals surface area (Å²) < 4.78 is 88.1. The molecule has 0 aliphatic carbocycles. The predicted molar refractivity (Wildman–Crippen MR) is 51.9 cm³/mol. The smallest absolute Gasteiger partial charge is 0.203 e. The van der Waals surface area contributed by atoms with E-state index < -0.39 is 47.0 Å². The van der Waals surface area contributed by atoms with Crippen LogP contribution in [0.15, 0.2) is 0 Å². The highest BCUT2D eigenvalue weighted by molar-refractivity contribution is 5.33. The monoisotopic (exact) mass is 287 g/mol. The molecule has 0 aromatic heterocycles. The van der Waals surface area contributed by atoms with Gasteiger partial charge in [-0.25, -0.2) is 17.6 Å². The molecule has 0 radical (unpaired) electrons. The largest absolute Gasteiger partial charge is 0.422 e. The van der Waals surface area contributed by atoms with Crippen molar-refractivity contribution >= 4 is 0 Å². The van der Waals surface area contributed by atoms with Gasteiger partial charge in [0, 0.05) is 5.56 Å². The van der Waals surface area contributed by atoms with E-state index in [1.54, 1.807) is 0 Å². The van der Waals surface area contributed by atoms with Crippen LogP contribution in [0.3, 0.4) is 0 Å². The topological polar surface area (TPSA) is 23.8 Å². The molecule has 0 heterocycles. The average Bonchev–Trinajstić information content (AvgIpc) is 2.33. The molecule has 0 atom stereocenters. The van der Waals surface area contributed by atoms with E-state index in [-0.39, 0.29) is 0 Å². The van der Waals surface area contributed by atoms with E-state index in [9.17, 15) is 30.7 Å². The fourth-order valence-corrected chi connectivity index (χ4v) is 1.16. The number of hydrogen-bond donors (Lipinski definition) is 0. The first-order valence-electron chi connectivity index (χ1n) is 5.00. The Kier molecular flexibility index (Phi) is 5.81. The van der Waals surface area contributed by atoms with Crippen LogP contribution >= 0.6 is 0 Å². The summed E-state index contributed by atoms with van der Waals surface area (Å²) in [6.45, 7) is 4.00. The first-order valence-corrected chi connectivity index (χ1v) is 5.00. The Balaban J connectivity index is 0.00000154. The SMILES string of the molecule is CC.N#CCc1c(F)c(F)c(C(F)(F)F)c(F)c1F. The Morgan fingerprint density at radius 2 is 1.26 bits per heavy atom. The minimum absolute atomic E-state index is 1.08. The minimum Gasteiger partial charge on any atom is -0.203 e. The summed E-state index contributed by atoms with van der Waals surface area (Å²) in [5, 5.41) is 8.13. The summed E-state index contributed by atoms with van der Waals surface area (Å²) in [7, 11) is 0. The fourth-order valence-electron chi connectivity index (χ4n) is 1.16. The third-order valence-corrected chi connectivity index (χ3v) is 1.89. The van der Waals surface area contributed by atoms with Crippen LogP contribution in [-0.2, 0) is 12.6 Å². The molecule has 0 bridgehead atoms. The maximum absolute atomic E-state index is 13.0. The Hall–Kier alpha value is -1.78. The van der Waals surface area contributed by atoms with Gasteiger partial charge in [0.15, 0.2) is 23.3 Å². The van der Waals surface area contributed by atoms with Crippen molar-refractivity contribution in [1.82, 2.24) is 0 Å². The maximum atomic E-state index is 13.0. The zero-order chi connectivity index (χ0) is 15.4. The Labute approximate surface area is 104 Å². The van der Waals surface area contributed by atoms with Gasteiger partial charge >= 0.3 is 6.18 Å². The molecule has 0 spiro atoms. The van der Waals surface area contributed by atoms with Gasteiger partial charge in [-0.15, -0.1) is 0 Å². The molecule has 1 aromatic carbocycles. The summed E-state index contributed by atoms with van der Waals surface area (Å²) in [4.78, 5) is 0. The number of rotatable bonds is 1. The number of nitriles is 1. The highest BCUT2D eigenvalue weighted by atomic mass is 19.4. The van der Waals surface area contributed by atoms with E-state index in [1.807, 2.05) is 13.8 Å². The lowest BCUT2D eigenvalue weighted by Gasteiger charge is -2.12. The third kappa shape index (κ3) is 3.36. The van der Waals surface area contributed by atoms with Crippen molar-refractivity contribution in [2.24, 2.45) is 0 Å². The van der Waals surface area contributed by atoms with Crippen molar-refractivity contribution in [3.63, 3.8) is 0 Å². The van der Waals surface area contributed by atoms with E-state index in [4.69, 9.17) is 5.26 Å². The average molecular weight is 287 g/mol. The predicted octanol–water partition coefficient (Wildman–Crippen LogP) is 4.35. The molecule has 0 aliphatic heterocycles. The number of alkyl halides is 3. The van der Waals surface area contributed by atoms with Gasteiger partial charge in [0.05, 0.1) is 12.5 Å². The van der Waals surface area contributed by atoms with E-state index >= 15 is 0 Å². The molecule has 19 heavy (non-hydrogen) atoms. The van der Waals surface area contributed by atoms with E-state index in [2.05, 4.69) is 0 Å². The molecule has 106 valence electrons. The van der Waals surface area contributed by atoms with Crippen molar-refractivity contribution in [2.45, 2.75) is 26.4 Å². The highest BCUT2D eigenvalue weighted by Gasteiger charge is 2.42. The van der Waals surface area contributed by atoms with Gasteiger partial charge in [-0.3, -0.25) is 0 Å². The lowest BCUT2D eigenvalue weighted by atomic mass is 10.1. The first kappa shape index (κ1) is 17.2.